The minimum atomic E-state index is 0.196. The third kappa shape index (κ3) is 3.02. The minimum Gasteiger partial charge on any atom is -0.375 e. The summed E-state index contributed by atoms with van der Waals surface area (Å²) in [5.74, 6) is 2.54. The van der Waals surface area contributed by atoms with Crippen LogP contribution in [0.1, 0.15) is 32.6 Å². The zero-order chi connectivity index (χ0) is 11.4. The number of thioether (sulfide) groups is 1. The van der Waals surface area contributed by atoms with Crippen LogP contribution in [-0.2, 0) is 4.74 Å². The van der Waals surface area contributed by atoms with E-state index in [1.54, 1.807) is 0 Å². The van der Waals surface area contributed by atoms with Crippen LogP contribution >= 0.6 is 11.8 Å². The van der Waals surface area contributed by atoms with Crippen LogP contribution in [0.5, 0.6) is 0 Å². The molecule has 2 atom stereocenters. The van der Waals surface area contributed by atoms with Gasteiger partial charge in [0.1, 0.15) is 0 Å². The van der Waals surface area contributed by atoms with Crippen LogP contribution in [0.3, 0.4) is 0 Å². The van der Waals surface area contributed by atoms with E-state index in [9.17, 15) is 0 Å². The van der Waals surface area contributed by atoms with Gasteiger partial charge >= 0.3 is 0 Å². The Balaban J connectivity index is 1.90. The highest BCUT2D eigenvalue weighted by Crippen LogP contribution is 2.37. The largest absolute Gasteiger partial charge is 0.375 e. The van der Waals surface area contributed by atoms with Gasteiger partial charge in [0.25, 0.3) is 0 Å². The second-order valence-electron chi connectivity index (χ2n) is 5.02. The van der Waals surface area contributed by atoms with E-state index < -0.39 is 0 Å². The molecule has 0 aromatic rings. The molecule has 0 aliphatic carbocycles. The van der Waals surface area contributed by atoms with Gasteiger partial charge in [-0.1, -0.05) is 6.08 Å². The maximum absolute atomic E-state index is 6.07. The molecule has 92 valence electrons. The highest BCUT2D eigenvalue weighted by molar-refractivity contribution is 7.99. The first-order valence-corrected chi connectivity index (χ1v) is 7.50. The van der Waals surface area contributed by atoms with Gasteiger partial charge in [-0.2, -0.15) is 11.8 Å². The molecule has 1 spiro atoms. The van der Waals surface area contributed by atoms with Crippen LogP contribution in [0, 0.1) is 0 Å². The lowest BCUT2D eigenvalue weighted by atomic mass is 9.85. The summed E-state index contributed by atoms with van der Waals surface area (Å²) in [5, 5.41) is 3.64. The first-order chi connectivity index (χ1) is 7.74. The number of hydrogen-bond acceptors (Lipinski definition) is 3. The number of ether oxygens (including phenoxy) is 1. The quantitative estimate of drug-likeness (QED) is 0.767. The Hall–Kier alpha value is 0.0100. The molecule has 2 unspecified atom stereocenters. The average molecular weight is 241 g/mol. The van der Waals surface area contributed by atoms with Gasteiger partial charge in [0.15, 0.2) is 0 Å². The molecule has 2 aliphatic heterocycles. The summed E-state index contributed by atoms with van der Waals surface area (Å²) < 4.78 is 6.07. The third-order valence-electron chi connectivity index (χ3n) is 3.75. The molecule has 2 nitrogen and oxygen atoms in total. The first kappa shape index (κ1) is 12.5. The molecule has 0 aromatic carbocycles. The summed E-state index contributed by atoms with van der Waals surface area (Å²) in [7, 11) is 0. The van der Waals surface area contributed by atoms with Gasteiger partial charge in [-0.3, -0.25) is 0 Å². The Bertz CT molecular complexity index is 233. The molecule has 3 heteroatoms. The molecule has 0 saturated carbocycles. The highest BCUT2D eigenvalue weighted by atomic mass is 32.2. The molecule has 2 rings (SSSR count). The normalized spacial score (nSPS) is 31.2. The van der Waals surface area contributed by atoms with Crippen LogP contribution in [0.4, 0.5) is 0 Å². The average Bonchev–Trinajstić information content (AvgIpc) is 2.30. The van der Waals surface area contributed by atoms with Crippen molar-refractivity contribution in [2.75, 3.05) is 18.1 Å². The lowest BCUT2D eigenvalue weighted by molar-refractivity contribution is -0.0935. The van der Waals surface area contributed by atoms with E-state index in [0.29, 0.717) is 12.1 Å². The predicted molar refractivity (Wildman–Crippen MR) is 71.1 cm³/mol. The second kappa shape index (κ2) is 5.56. The van der Waals surface area contributed by atoms with Crippen molar-refractivity contribution in [2.45, 2.75) is 50.3 Å². The first-order valence-electron chi connectivity index (χ1n) is 6.34. The van der Waals surface area contributed by atoms with Crippen molar-refractivity contribution >= 4 is 11.8 Å². The molecule has 16 heavy (non-hydrogen) atoms. The van der Waals surface area contributed by atoms with Crippen LogP contribution in [0.25, 0.3) is 0 Å². The van der Waals surface area contributed by atoms with Gasteiger partial charge in [0.2, 0.25) is 0 Å². The van der Waals surface area contributed by atoms with E-state index in [0.717, 1.165) is 13.0 Å². The smallest absolute Gasteiger partial charge is 0.0713 e. The van der Waals surface area contributed by atoms with Crippen LogP contribution in [0.15, 0.2) is 12.7 Å². The zero-order valence-corrected chi connectivity index (χ0v) is 11.0. The van der Waals surface area contributed by atoms with Crippen molar-refractivity contribution in [1.82, 2.24) is 5.32 Å². The van der Waals surface area contributed by atoms with Gasteiger partial charge in [-0.25, -0.2) is 0 Å². The molecule has 0 radical (unpaired) electrons. The fourth-order valence-corrected chi connectivity index (χ4v) is 3.94. The molecule has 2 heterocycles. The van der Waals surface area contributed by atoms with E-state index in [1.807, 2.05) is 6.08 Å². The molecular weight excluding hydrogens is 218 g/mol. The van der Waals surface area contributed by atoms with Crippen LogP contribution in [0.2, 0.25) is 0 Å². The topological polar surface area (TPSA) is 21.3 Å². The van der Waals surface area contributed by atoms with Crippen LogP contribution < -0.4 is 5.32 Å². The van der Waals surface area contributed by atoms with Gasteiger partial charge in [-0.05, 0) is 44.1 Å². The SMILES string of the molecule is C=CC(C)NC1CCOC2(CCSCC2)C1. The Labute approximate surface area is 103 Å². The van der Waals surface area contributed by atoms with Gasteiger partial charge in [0.05, 0.1) is 5.60 Å². The number of nitrogens with one attached hydrogen (secondary N) is 1. The van der Waals surface area contributed by atoms with Crippen molar-refractivity contribution < 1.29 is 4.74 Å². The summed E-state index contributed by atoms with van der Waals surface area (Å²) in [6.45, 7) is 6.93. The molecule has 1 N–H and O–H groups in total. The van der Waals surface area contributed by atoms with Crippen molar-refractivity contribution in [3.63, 3.8) is 0 Å². The fraction of sp³-hybridized carbons (Fsp3) is 0.846. The van der Waals surface area contributed by atoms with Crippen molar-refractivity contribution in [1.29, 1.82) is 0 Å². The molecule has 0 aromatic heterocycles. The third-order valence-corrected chi connectivity index (χ3v) is 4.73. The standard InChI is InChI=1S/C13H23NOS/c1-3-11(2)14-12-4-7-15-13(10-12)5-8-16-9-6-13/h3,11-12,14H,1,4-10H2,2H3. The lowest BCUT2D eigenvalue weighted by Gasteiger charge is -2.44. The monoisotopic (exact) mass is 241 g/mol. The molecule has 0 amide bonds. The highest BCUT2D eigenvalue weighted by Gasteiger charge is 2.38. The van der Waals surface area contributed by atoms with Crippen molar-refractivity contribution in [3.8, 4) is 0 Å². The maximum atomic E-state index is 6.07. The van der Waals surface area contributed by atoms with Gasteiger partial charge < -0.3 is 10.1 Å². The molecule has 2 saturated heterocycles. The molecule has 0 bridgehead atoms. The number of rotatable bonds is 3. The van der Waals surface area contributed by atoms with Crippen LogP contribution in [-0.4, -0.2) is 35.8 Å². The van der Waals surface area contributed by atoms with E-state index in [-0.39, 0.29) is 5.60 Å². The summed E-state index contributed by atoms with van der Waals surface area (Å²) in [5.41, 5.74) is 0.196. The second-order valence-corrected chi connectivity index (χ2v) is 6.25. The van der Waals surface area contributed by atoms with E-state index in [2.05, 4.69) is 30.6 Å². The number of hydrogen-bond donors (Lipinski definition) is 1. The Morgan fingerprint density at radius 3 is 2.94 bits per heavy atom. The Morgan fingerprint density at radius 2 is 2.25 bits per heavy atom. The summed E-state index contributed by atoms with van der Waals surface area (Å²) in [6, 6.07) is 1.03. The van der Waals surface area contributed by atoms with E-state index in [4.69, 9.17) is 4.74 Å². The minimum absolute atomic E-state index is 0.196. The lowest BCUT2D eigenvalue weighted by Crippen LogP contribution is -2.50. The van der Waals surface area contributed by atoms with E-state index >= 15 is 0 Å². The predicted octanol–water partition coefficient (Wildman–Crippen LogP) is 2.60. The Kier molecular flexibility index (Phi) is 4.34. The summed E-state index contributed by atoms with van der Waals surface area (Å²) in [4.78, 5) is 0. The van der Waals surface area contributed by atoms with Crippen molar-refractivity contribution in [2.24, 2.45) is 0 Å². The molecular formula is C13H23NOS. The summed E-state index contributed by atoms with van der Waals surface area (Å²) >= 11 is 2.07. The van der Waals surface area contributed by atoms with Crippen molar-refractivity contribution in [3.05, 3.63) is 12.7 Å². The van der Waals surface area contributed by atoms with Gasteiger partial charge in [-0.15, -0.1) is 6.58 Å². The Morgan fingerprint density at radius 1 is 1.50 bits per heavy atom. The van der Waals surface area contributed by atoms with Gasteiger partial charge in [0, 0.05) is 18.7 Å². The zero-order valence-electron chi connectivity index (χ0n) is 10.2. The maximum Gasteiger partial charge on any atom is 0.0713 e. The van der Waals surface area contributed by atoms with E-state index in [1.165, 1.54) is 30.8 Å². The fourth-order valence-electron chi connectivity index (χ4n) is 2.70. The molecule has 2 fully saturated rings. The molecule has 2 aliphatic rings. The summed E-state index contributed by atoms with van der Waals surface area (Å²) in [6.07, 6.45) is 6.79.